The zero-order valence-electron chi connectivity index (χ0n) is 32.0. The second kappa shape index (κ2) is 15.2. The number of aromatic amines is 2. The summed E-state index contributed by atoms with van der Waals surface area (Å²) in [6.45, 7) is 3.69. The summed E-state index contributed by atoms with van der Waals surface area (Å²) in [6.07, 6.45) is 10.5. The highest BCUT2D eigenvalue weighted by molar-refractivity contribution is 5.87. The van der Waals surface area contributed by atoms with E-state index in [9.17, 15) is 14.4 Å². The second-order valence-electron chi connectivity index (χ2n) is 15.6. The number of alkyl carbamates (subject to hydrolysis) is 1. The Kier molecular flexibility index (Phi) is 10.2. The predicted molar refractivity (Wildman–Crippen MR) is 203 cm³/mol. The van der Waals surface area contributed by atoms with Gasteiger partial charge in [-0.1, -0.05) is 24.3 Å². The molecular weight excluding hydrogens is 701 g/mol. The van der Waals surface area contributed by atoms with Gasteiger partial charge in [0.2, 0.25) is 11.8 Å². The molecule has 2 saturated heterocycles. The Hall–Kier alpha value is -5.08. The molecule has 4 aliphatic rings. The van der Waals surface area contributed by atoms with Crippen LogP contribution in [0.3, 0.4) is 0 Å². The van der Waals surface area contributed by atoms with Crippen LogP contribution in [0.4, 0.5) is 4.79 Å². The van der Waals surface area contributed by atoms with Gasteiger partial charge in [0.1, 0.15) is 17.7 Å². The molecular formula is C41H50N8O6. The van der Waals surface area contributed by atoms with Gasteiger partial charge >= 0.3 is 6.09 Å². The largest absolute Gasteiger partial charge is 0.453 e. The van der Waals surface area contributed by atoms with Gasteiger partial charge in [0.15, 0.2) is 0 Å². The van der Waals surface area contributed by atoms with E-state index >= 15 is 0 Å². The maximum atomic E-state index is 14.0. The molecule has 3 amide bonds. The van der Waals surface area contributed by atoms with E-state index in [0.717, 1.165) is 83.9 Å². The number of hydrogen-bond acceptors (Lipinski definition) is 9. The number of imidazole rings is 2. The van der Waals surface area contributed by atoms with Crippen LogP contribution in [0.1, 0.15) is 82.5 Å². The van der Waals surface area contributed by atoms with Gasteiger partial charge in [-0.15, -0.1) is 0 Å². The van der Waals surface area contributed by atoms with Crippen LogP contribution in [0.5, 0.6) is 0 Å². The van der Waals surface area contributed by atoms with Crippen LogP contribution in [-0.2, 0) is 23.8 Å². The Labute approximate surface area is 320 Å². The zero-order chi connectivity index (χ0) is 38.4. The lowest BCUT2D eigenvalue weighted by Gasteiger charge is -2.37. The highest BCUT2D eigenvalue weighted by Gasteiger charge is 2.52. The Balaban J connectivity index is 0.951. The molecule has 55 heavy (non-hydrogen) atoms. The number of benzene rings is 1. The molecule has 3 aromatic heterocycles. The molecule has 0 spiro atoms. The number of piperidine rings is 2. The highest BCUT2D eigenvalue weighted by atomic mass is 16.5. The fourth-order valence-electron chi connectivity index (χ4n) is 9.47. The van der Waals surface area contributed by atoms with E-state index in [1.165, 1.54) is 14.2 Å². The van der Waals surface area contributed by atoms with Crippen LogP contribution >= 0.6 is 0 Å². The molecule has 2 aliphatic carbocycles. The number of fused-ring (bicyclic) bond motifs is 4. The number of hydrogen-bond donors (Lipinski definition) is 3. The lowest BCUT2D eigenvalue weighted by Crippen LogP contribution is -2.56. The molecule has 1 aromatic carbocycles. The minimum atomic E-state index is -0.887. The maximum absolute atomic E-state index is 14.0. The number of rotatable bonds is 12. The van der Waals surface area contributed by atoms with Crippen molar-refractivity contribution >= 4 is 17.9 Å². The Morgan fingerprint density at radius 1 is 0.745 bits per heavy atom. The van der Waals surface area contributed by atoms with E-state index in [1.54, 1.807) is 20.2 Å². The summed E-state index contributed by atoms with van der Waals surface area (Å²) in [5.74, 6) is 2.20. The molecule has 0 radical (unpaired) electrons. The van der Waals surface area contributed by atoms with Crippen molar-refractivity contribution in [1.82, 2.24) is 40.0 Å². The molecule has 14 nitrogen and oxygen atoms in total. The van der Waals surface area contributed by atoms with Crippen LogP contribution in [0, 0.1) is 11.8 Å². The fraction of sp³-hybridized carbons (Fsp3) is 0.512. The van der Waals surface area contributed by atoms with Crippen molar-refractivity contribution < 1.29 is 28.6 Å². The molecule has 290 valence electrons. The number of H-pyrrole nitrogens is 2. The molecule has 4 fully saturated rings. The number of likely N-dealkylation sites (tertiary alicyclic amines) is 2. The minimum Gasteiger partial charge on any atom is -0.453 e. The van der Waals surface area contributed by atoms with Crippen molar-refractivity contribution in [3.8, 4) is 33.8 Å². The van der Waals surface area contributed by atoms with Gasteiger partial charge in [-0.2, -0.15) is 0 Å². The normalized spacial score (nSPS) is 25.6. The molecule has 14 heteroatoms. The van der Waals surface area contributed by atoms with Crippen molar-refractivity contribution in [1.29, 1.82) is 0 Å². The third kappa shape index (κ3) is 6.90. The molecule has 2 saturated carbocycles. The first kappa shape index (κ1) is 36.9. The number of nitrogens with one attached hydrogen (secondary N) is 3. The van der Waals surface area contributed by atoms with Crippen LogP contribution in [0.15, 0.2) is 55.0 Å². The second-order valence-corrected chi connectivity index (χ2v) is 15.6. The van der Waals surface area contributed by atoms with Crippen molar-refractivity contribution in [3.05, 3.63) is 66.6 Å². The van der Waals surface area contributed by atoms with E-state index in [1.807, 2.05) is 36.4 Å². The summed E-state index contributed by atoms with van der Waals surface area (Å²) in [5, 5.41) is 2.68. The van der Waals surface area contributed by atoms with Gasteiger partial charge in [-0.05, 0) is 81.9 Å². The maximum Gasteiger partial charge on any atom is 0.407 e. The summed E-state index contributed by atoms with van der Waals surface area (Å²) in [6, 6.07) is 11.4. The van der Waals surface area contributed by atoms with Crippen LogP contribution in [0.2, 0.25) is 0 Å². The van der Waals surface area contributed by atoms with Gasteiger partial charge in [-0.25, -0.2) is 14.8 Å². The standard InChI is InChI=1S/C41H50N8O6/c1-22(53-3)16-34(50)48-29-13-10-26(17-29)36(48)38-43-20-32(45-38)25-8-6-24(7-9-25)31-15-12-28(19-42-31)33-21-44-39(46-33)37-27-11-14-30(18-27)49(37)40(51)35(23(2)54-4)47-41(52)55-5/h6-9,12,15,19-23,26-27,29-30,35-37H,10-11,13-14,16-18H2,1-5H3,(H,43,45)(H,44,46)(H,47,52)/t22-,23-,26+,27+,29-,30-,35+,36+,37+/m1/s1. The number of aromatic nitrogens is 5. The van der Waals surface area contributed by atoms with Gasteiger partial charge in [-0.3, -0.25) is 14.6 Å². The lowest BCUT2D eigenvalue weighted by atomic mass is 9.97. The molecule has 2 aliphatic heterocycles. The van der Waals surface area contributed by atoms with Crippen LogP contribution in [-0.4, -0.2) is 104 Å². The summed E-state index contributed by atoms with van der Waals surface area (Å²) in [7, 11) is 4.44. The highest BCUT2D eigenvalue weighted by Crippen LogP contribution is 2.51. The summed E-state index contributed by atoms with van der Waals surface area (Å²) < 4.78 is 15.7. The van der Waals surface area contributed by atoms with Crippen LogP contribution < -0.4 is 5.32 Å². The third-order valence-corrected chi connectivity index (χ3v) is 12.5. The minimum absolute atomic E-state index is 0.0286. The van der Waals surface area contributed by atoms with Gasteiger partial charge < -0.3 is 39.3 Å². The zero-order valence-corrected chi connectivity index (χ0v) is 32.0. The van der Waals surface area contributed by atoms with Crippen molar-refractivity contribution in [2.75, 3.05) is 21.3 Å². The van der Waals surface area contributed by atoms with Gasteiger partial charge in [0.05, 0.1) is 67.3 Å². The number of carbonyl (C=O) groups excluding carboxylic acids is 3. The average molecular weight is 751 g/mol. The number of carbonyl (C=O) groups is 3. The summed E-state index contributed by atoms with van der Waals surface area (Å²) in [4.78, 5) is 64.7. The quantitative estimate of drug-likeness (QED) is 0.162. The van der Waals surface area contributed by atoms with Crippen molar-refractivity contribution in [2.24, 2.45) is 11.8 Å². The van der Waals surface area contributed by atoms with Crippen molar-refractivity contribution in [3.63, 3.8) is 0 Å². The molecule has 8 rings (SSSR count). The summed E-state index contributed by atoms with van der Waals surface area (Å²) in [5.41, 5.74) is 5.44. The van der Waals surface area contributed by atoms with E-state index in [0.29, 0.717) is 12.3 Å². The first-order valence-electron chi connectivity index (χ1n) is 19.4. The van der Waals surface area contributed by atoms with E-state index in [2.05, 4.69) is 44.5 Å². The Bertz CT molecular complexity index is 2010. The third-order valence-electron chi connectivity index (χ3n) is 12.5. The topological polar surface area (TPSA) is 168 Å². The number of nitrogens with zero attached hydrogens (tertiary/aromatic N) is 5. The SMILES string of the molecule is COC(=O)N[C@H](C(=O)N1[C@@H]2CC[C@@H](C2)[C@H]1c1ncc(-c2ccc(-c3ccc(-c4cnc([C@@H]5[C@H]6CC[C@H](C6)N5C(=O)C[C@@H](C)OC)[nH]4)cc3)nc2)[nH]1)[C@@H](C)OC. The monoisotopic (exact) mass is 750 g/mol. The number of pyridine rings is 1. The van der Waals surface area contributed by atoms with Crippen LogP contribution in [0.25, 0.3) is 33.8 Å². The fourth-order valence-corrected chi connectivity index (χ4v) is 9.47. The number of methoxy groups -OCH3 is 3. The first-order valence-corrected chi connectivity index (χ1v) is 19.4. The van der Waals surface area contributed by atoms with E-state index in [4.69, 9.17) is 29.2 Å². The molecule has 5 heterocycles. The van der Waals surface area contributed by atoms with Gasteiger partial charge in [0, 0.05) is 43.6 Å². The van der Waals surface area contributed by atoms with Crippen molar-refractivity contribution in [2.45, 2.75) is 101 Å². The molecule has 4 aromatic rings. The lowest BCUT2D eigenvalue weighted by molar-refractivity contribution is -0.141. The summed E-state index contributed by atoms with van der Waals surface area (Å²) >= 11 is 0. The number of ether oxygens (including phenoxy) is 3. The average Bonchev–Trinajstić information content (AvgIpc) is 4.08. The molecule has 0 unspecified atom stereocenters. The Morgan fingerprint density at radius 3 is 1.91 bits per heavy atom. The molecule has 9 atom stereocenters. The predicted octanol–water partition coefficient (Wildman–Crippen LogP) is 5.82. The van der Waals surface area contributed by atoms with Gasteiger partial charge in [0.25, 0.3) is 0 Å². The molecule has 4 bridgehead atoms. The Morgan fingerprint density at radius 2 is 1.33 bits per heavy atom. The van der Waals surface area contributed by atoms with E-state index in [-0.39, 0.29) is 48.0 Å². The smallest absolute Gasteiger partial charge is 0.407 e. The first-order chi connectivity index (χ1) is 26.7. The van der Waals surface area contributed by atoms with E-state index < -0.39 is 18.2 Å². The number of amides is 3. The molecule has 3 N–H and O–H groups in total.